The Balaban J connectivity index is 2.16. The molecule has 0 bridgehead atoms. The topological polar surface area (TPSA) is 49.4 Å². The second kappa shape index (κ2) is 8.60. The third-order valence-corrected chi connectivity index (χ3v) is 6.14. The highest BCUT2D eigenvalue weighted by molar-refractivity contribution is 5.98. The summed E-state index contributed by atoms with van der Waals surface area (Å²) in [5.41, 5.74) is 1.34. The lowest BCUT2D eigenvalue weighted by Crippen LogP contribution is -2.55. The second-order valence-corrected chi connectivity index (χ2v) is 9.20. The summed E-state index contributed by atoms with van der Waals surface area (Å²) >= 11 is 0. The molecule has 0 fully saturated rings. The molecule has 7 heteroatoms. The molecular weight excluding hydrogens is 417 g/mol. The highest BCUT2D eigenvalue weighted by Gasteiger charge is 2.48. The fraction of sp³-hybridized carbons (Fsp3) is 0.440. The number of hydrogen-bond acceptors (Lipinski definition) is 2. The van der Waals surface area contributed by atoms with Crippen molar-refractivity contribution in [1.82, 2.24) is 0 Å². The summed E-state index contributed by atoms with van der Waals surface area (Å²) in [7, 11) is 0. The van der Waals surface area contributed by atoms with Crippen LogP contribution in [-0.2, 0) is 15.0 Å². The smallest absolute Gasteiger partial charge is 0.318 e. The third kappa shape index (κ3) is 4.52. The molecule has 0 radical (unpaired) electrons. The number of nitrogens with zero attached hydrogens (tertiary/aromatic N) is 1. The second-order valence-electron chi connectivity index (χ2n) is 9.20. The first-order valence-corrected chi connectivity index (χ1v) is 10.8. The van der Waals surface area contributed by atoms with E-state index in [2.05, 4.69) is 0 Å². The Morgan fingerprint density at radius 3 is 2.31 bits per heavy atom. The number of nitrogens with one attached hydrogen (secondary N) is 1. The van der Waals surface area contributed by atoms with E-state index in [0.29, 0.717) is 24.1 Å². The summed E-state index contributed by atoms with van der Waals surface area (Å²) in [5.74, 6) is -2.04. The lowest BCUT2D eigenvalue weighted by atomic mass is 9.65. The van der Waals surface area contributed by atoms with E-state index >= 15 is 0 Å². The number of carbonyl (C=O) groups is 2. The molecule has 2 aromatic carbocycles. The maximum atomic E-state index is 13.2. The average Bonchev–Trinajstić information content (AvgIpc) is 2.72. The molecule has 32 heavy (non-hydrogen) atoms. The lowest BCUT2D eigenvalue weighted by Gasteiger charge is -2.51. The first-order chi connectivity index (χ1) is 14.9. The molecule has 0 saturated carbocycles. The van der Waals surface area contributed by atoms with Gasteiger partial charge in [-0.05, 0) is 56.0 Å². The van der Waals surface area contributed by atoms with Gasteiger partial charge in [0.25, 0.3) is 0 Å². The predicted octanol–water partition coefficient (Wildman–Crippen LogP) is 6.20. The molecule has 1 aliphatic rings. The van der Waals surface area contributed by atoms with Gasteiger partial charge in [-0.15, -0.1) is 0 Å². The maximum absolute atomic E-state index is 13.2. The Kier molecular flexibility index (Phi) is 6.40. The molecule has 0 unspecified atom stereocenters. The minimum atomic E-state index is -4.98. The number of amides is 2. The number of hydrogen-bond donors (Lipinski definition) is 1. The van der Waals surface area contributed by atoms with E-state index < -0.39 is 23.0 Å². The number of benzene rings is 2. The number of rotatable bonds is 5. The van der Waals surface area contributed by atoms with Gasteiger partial charge in [-0.2, -0.15) is 13.2 Å². The minimum Gasteiger partial charge on any atom is -0.318 e. The lowest BCUT2D eigenvalue weighted by molar-refractivity contribution is -0.167. The van der Waals surface area contributed by atoms with Gasteiger partial charge in [0, 0.05) is 28.7 Å². The van der Waals surface area contributed by atoms with Gasteiger partial charge in [-0.1, -0.05) is 50.6 Å². The molecular formula is C25H29F3N2O2. The molecule has 2 aromatic rings. The van der Waals surface area contributed by atoms with E-state index in [1.165, 1.54) is 6.07 Å². The van der Waals surface area contributed by atoms with E-state index in [4.69, 9.17) is 0 Å². The van der Waals surface area contributed by atoms with E-state index in [0.717, 1.165) is 18.4 Å². The Bertz CT molecular complexity index is 1000. The largest absolute Gasteiger partial charge is 0.471 e. The molecule has 0 aliphatic carbocycles. The summed E-state index contributed by atoms with van der Waals surface area (Å²) in [6, 6.07) is 14.3. The summed E-state index contributed by atoms with van der Waals surface area (Å²) in [5, 5.41) is 1.95. The Morgan fingerprint density at radius 2 is 1.72 bits per heavy atom. The van der Waals surface area contributed by atoms with Crippen LogP contribution in [0.4, 0.5) is 24.5 Å². The quantitative estimate of drug-likeness (QED) is 0.595. The summed E-state index contributed by atoms with van der Waals surface area (Å²) in [4.78, 5) is 26.5. The Morgan fingerprint density at radius 1 is 1.06 bits per heavy atom. The number of halogens is 3. The van der Waals surface area contributed by atoms with Gasteiger partial charge in [0.2, 0.25) is 5.91 Å². The van der Waals surface area contributed by atoms with Gasteiger partial charge < -0.3 is 10.2 Å². The molecule has 1 aliphatic heterocycles. The average molecular weight is 447 g/mol. The van der Waals surface area contributed by atoms with Crippen molar-refractivity contribution in [1.29, 1.82) is 0 Å². The van der Waals surface area contributed by atoms with Crippen LogP contribution in [0.3, 0.4) is 0 Å². The van der Waals surface area contributed by atoms with E-state index in [-0.39, 0.29) is 11.6 Å². The number of unbranched alkanes of at least 4 members (excludes halogenated alkanes) is 1. The van der Waals surface area contributed by atoms with Gasteiger partial charge >= 0.3 is 12.1 Å². The van der Waals surface area contributed by atoms with Crippen LogP contribution in [0.2, 0.25) is 0 Å². The van der Waals surface area contributed by atoms with E-state index in [9.17, 15) is 22.8 Å². The standard InChI is InChI=1S/C25H29F3N2O2/c1-5-6-12-21(31)30-20-14-13-18(29-22(32)25(26,27)28)15-19(20)24(4,16-23(30,2)3)17-10-8-7-9-11-17/h7-11,13-15H,5-6,12,16H2,1-4H3,(H,29,32)/t24-/m0/s1. The number of anilines is 2. The van der Waals surface area contributed by atoms with Crippen molar-refractivity contribution >= 4 is 23.2 Å². The Labute approximate surface area is 186 Å². The van der Waals surface area contributed by atoms with Gasteiger partial charge in [-0.25, -0.2) is 0 Å². The van der Waals surface area contributed by atoms with E-state index in [1.807, 2.05) is 63.3 Å². The zero-order chi connectivity index (χ0) is 23.7. The molecule has 1 N–H and O–H groups in total. The van der Waals surface area contributed by atoms with Crippen LogP contribution in [0.15, 0.2) is 48.5 Å². The number of carbonyl (C=O) groups excluding carboxylic acids is 2. The van der Waals surface area contributed by atoms with Crippen molar-refractivity contribution in [2.45, 2.75) is 70.5 Å². The fourth-order valence-electron chi connectivity index (χ4n) is 4.79. The molecule has 0 spiro atoms. The molecule has 0 aromatic heterocycles. The molecule has 4 nitrogen and oxygen atoms in total. The molecule has 172 valence electrons. The van der Waals surface area contributed by atoms with Crippen molar-refractivity contribution in [2.75, 3.05) is 10.2 Å². The van der Waals surface area contributed by atoms with Crippen LogP contribution in [0.5, 0.6) is 0 Å². The molecule has 1 heterocycles. The minimum absolute atomic E-state index is 0.0136. The first kappa shape index (κ1) is 23.8. The first-order valence-electron chi connectivity index (χ1n) is 10.8. The van der Waals surface area contributed by atoms with Crippen LogP contribution in [0.25, 0.3) is 0 Å². The zero-order valence-electron chi connectivity index (χ0n) is 18.8. The van der Waals surface area contributed by atoms with Crippen LogP contribution in [0, 0.1) is 0 Å². The number of fused-ring (bicyclic) bond motifs is 1. The van der Waals surface area contributed by atoms with Crippen molar-refractivity contribution < 1.29 is 22.8 Å². The number of alkyl halides is 3. The molecule has 3 rings (SSSR count). The zero-order valence-corrected chi connectivity index (χ0v) is 18.8. The van der Waals surface area contributed by atoms with Crippen LogP contribution in [0.1, 0.15) is 64.5 Å². The highest BCUT2D eigenvalue weighted by Crippen LogP contribution is 2.51. The molecule has 2 amide bonds. The predicted molar refractivity (Wildman–Crippen MR) is 120 cm³/mol. The van der Waals surface area contributed by atoms with Gasteiger partial charge in [0.1, 0.15) is 0 Å². The van der Waals surface area contributed by atoms with E-state index in [1.54, 1.807) is 17.0 Å². The van der Waals surface area contributed by atoms with Crippen LogP contribution < -0.4 is 10.2 Å². The third-order valence-electron chi connectivity index (χ3n) is 6.14. The van der Waals surface area contributed by atoms with Crippen molar-refractivity contribution in [2.24, 2.45) is 0 Å². The van der Waals surface area contributed by atoms with Gasteiger partial charge in [0.15, 0.2) is 0 Å². The van der Waals surface area contributed by atoms with Crippen LogP contribution >= 0.6 is 0 Å². The molecule has 1 atom stereocenters. The van der Waals surface area contributed by atoms with Crippen LogP contribution in [-0.4, -0.2) is 23.5 Å². The highest BCUT2D eigenvalue weighted by atomic mass is 19.4. The summed E-state index contributed by atoms with van der Waals surface area (Å²) < 4.78 is 38.4. The van der Waals surface area contributed by atoms with Gasteiger partial charge in [0.05, 0.1) is 0 Å². The summed E-state index contributed by atoms with van der Waals surface area (Å²) in [6.45, 7) is 8.08. The normalized spacial score (nSPS) is 19.9. The monoisotopic (exact) mass is 446 g/mol. The fourth-order valence-corrected chi connectivity index (χ4v) is 4.79. The SMILES string of the molecule is CCCCC(=O)N1c2ccc(NC(=O)C(F)(F)F)cc2[C@](C)(c2ccccc2)CC1(C)C. The summed E-state index contributed by atoms with van der Waals surface area (Å²) in [6.07, 6.45) is -2.37. The van der Waals surface area contributed by atoms with Crippen molar-refractivity contribution in [3.8, 4) is 0 Å². The maximum Gasteiger partial charge on any atom is 0.471 e. The van der Waals surface area contributed by atoms with Crippen molar-refractivity contribution in [3.63, 3.8) is 0 Å². The van der Waals surface area contributed by atoms with Gasteiger partial charge in [-0.3, -0.25) is 9.59 Å². The van der Waals surface area contributed by atoms with Crippen molar-refractivity contribution in [3.05, 3.63) is 59.7 Å². The molecule has 0 saturated heterocycles. The Hall–Kier alpha value is -2.83.